The van der Waals surface area contributed by atoms with Gasteiger partial charge < -0.3 is 9.64 Å². The molecule has 3 heteroatoms. The van der Waals surface area contributed by atoms with Gasteiger partial charge in [0.25, 0.3) is 0 Å². The molecule has 2 saturated heterocycles. The van der Waals surface area contributed by atoms with Gasteiger partial charge in [0, 0.05) is 37.9 Å². The Morgan fingerprint density at radius 2 is 1.67 bits per heavy atom. The lowest BCUT2D eigenvalue weighted by atomic mass is 9.69. The van der Waals surface area contributed by atoms with Crippen LogP contribution in [0.5, 0.6) is 0 Å². The van der Waals surface area contributed by atoms with Crippen molar-refractivity contribution in [1.82, 2.24) is 10.2 Å². The van der Waals surface area contributed by atoms with Crippen molar-refractivity contribution in [2.45, 2.75) is 64.7 Å². The maximum Gasteiger partial charge on any atom is 0.122 e. The highest BCUT2D eigenvalue weighted by Gasteiger charge is 2.53. The Bertz CT molecular complexity index is 289. The van der Waals surface area contributed by atoms with Crippen molar-refractivity contribution in [3.05, 3.63) is 0 Å². The first-order chi connectivity index (χ1) is 8.39. The number of nitrogens with zero attached hydrogens (tertiary/aromatic N) is 1. The minimum atomic E-state index is -0.0615. The monoisotopic (exact) mass is 254 g/mol. The molecule has 0 aliphatic carbocycles. The van der Waals surface area contributed by atoms with E-state index in [1.165, 1.54) is 0 Å². The van der Waals surface area contributed by atoms with Crippen molar-refractivity contribution in [2.24, 2.45) is 5.41 Å². The highest BCUT2D eigenvalue weighted by molar-refractivity contribution is 5.03. The van der Waals surface area contributed by atoms with Crippen molar-refractivity contribution >= 4 is 0 Å². The molecule has 0 atom stereocenters. The Labute approximate surface area is 112 Å². The summed E-state index contributed by atoms with van der Waals surface area (Å²) < 4.78 is 6.73. The van der Waals surface area contributed by atoms with E-state index in [-0.39, 0.29) is 16.7 Å². The second-order valence-electron chi connectivity index (χ2n) is 6.84. The third-order valence-electron chi connectivity index (χ3n) is 5.41. The summed E-state index contributed by atoms with van der Waals surface area (Å²) in [6, 6.07) is 0. The molecule has 0 aromatic heterocycles. The van der Waals surface area contributed by atoms with Gasteiger partial charge in [-0.3, -0.25) is 5.32 Å². The van der Waals surface area contributed by atoms with E-state index >= 15 is 0 Å². The van der Waals surface area contributed by atoms with Crippen molar-refractivity contribution < 1.29 is 4.74 Å². The Hall–Kier alpha value is -0.120. The van der Waals surface area contributed by atoms with Crippen LogP contribution < -0.4 is 5.32 Å². The minimum absolute atomic E-state index is 0.0359. The lowest BCUT2D eigenvalue weighted by molar-refractivity contribution is -0.266. The van der Waals surface area contributed by atoms with Crippen LogP contribution in [0, 0.1) is 5.41 Å². The zero-order valence-electron chi connectivity index (χ0n) is 12.8. The fourth-order valence-corrected chi connectivity index (χ4v) is 3.70. The summed E-state index contributed by atoms with van der Waals surface area (Å²) in [5.41, 5.74) is 0.188. The highest BCUT2D eigenvalue weighted by atomic mass is 16.5. The van der Waals surface area contributed by atoms with E-state index in [4.69, 9.17) is 4.74 Å². The lowest BCUT2D eigenvalue weighted by Gasteiger charge is -2.58. The van der Waals surface area contributed by atoms with Gasteiger partial charge >= 0.3 is 0 Å². The molecule has 2 fully saturated rings. The third-order valence-corrected chi connectivity index (χ3v) is 5.41. The van der Waals surface area contributed by atoms with Crippen LogP contribution in [0.1, 0.15) is 53.4 Å². The molecule has 1 N–H and O–H groups in total. The van der Waals surface area contributed by atoms with Crippen LogP contribution in [-0.2, 0) is 4.74 Å². The highest BCUT2D eigenvalue weighted by Crippen LogP contribution is 2.47. The average molecular weight is 254 g/mol. The molecule has 2 rings (SSSR count). The van der Waals surface area contributed by atoms with E-state index in [2.05, 4.69) is 45.0 Å². The molecule has 18 heavy (non-hydrogen) atoms. The van der Waals surface area contributed by atoms with Gasteiger partial charge in [0.05, 0.1) is 5.60 Å². The number of nitrogens with one attached hydrogen (secondary N) is 1. The predicted molar refractivity (Wildman–Crippen MR) is 75.6 cm³/mol. The SMILES string of the molecule is CCC1(CC)OC2(CCN(C)CC2)NCC1(C)C. The van der Waals surface area contributed by atoms with Gasteiger partial charge in [0.2, 0.25) is 0 Å². The molecule has 0 aromatic carbocycles. The van der Waals surface area contributed by atoms with Gasteiger partial charge in [0.15, 0.2) is 0 Å². The fourth-order valence-electron chi connectivity index (χ4n) is 3.70. The zero-order valence-corrected chi connectivity index (χ0v) is 12.8. The maximum absolute atomic E-state index is 6.73. The van der Waals surface area contributed by atoms with Gasteiger partial charge in [-0.25, -0.2) is 0 Å². The first-order valence-corrected chi connectivity index (χ1v) is 7.52. The summed E-state index contributed by atoms with van der Waals surface area (Å²) in [6.45, 7) is 12.6. The van der Waals surface area contributed by atoms with Crippen LogP contribution >= 0.6 is 0 Å². The number of rotatable bonds is 2. The molecule has 0 radical (unpaired) electrons. The summed E-state index contributed by atoms with van der Waals surface area (Å²) in [4.78, 5) is 2.40. The van der Waals surface area contributed by atoms with Crippen LogP contribution in [0.15, 0.2) is 0 Å². The van der Waals surface area contributed by atoms with E-state index in [0.29, 0.717) is 0 Å². The van der Waals surface area contributed by atoms with Crippen molar-refractivity contribution in [3.63, 3.8) is 0 Å². The molecule has 106 valence electrons. The Balaban J connectivity index is 2.19. The van der Waals surface area contributed by atoms with E-state index in [1.54, 1.807) is 0 Å². The molecule has 2 heterocycles. The number of hydrogen-bond donors (Lipinski definition) is 1. The summed E-state index contributed by atoms with van der Waals surface area (Å²) in [6.07, 6.45) is 4.44. The summed E-state index contributed by atoms with van der Waals surface area (Å²) >= 11 is 0. The van der Waals surface area contributed by atoms with Gasteiger partial charge in [-0.2, -0.15) is 0 Å². The minimum Gasteiger partial charge on any atom is -0.354 e. The number of piperidine rings is 1. The molecule has 0 saturated carbocycles. The molecule has 3 nitrogen and oxygen atoms in total. The average Bonchev–Trinajstić information content (AvgIpc) is 2.36. The molecular formula is C15H30N2O. The van der Waals surface area contributed by atoms with Gasteiger partial charge in [0.1, 0.15) is 5.72 Å². The van der Waals surface area contributed by atoms with Crippen molar-refractivity contribution in [2.75, 3.05) is 26.7 Å². The van der Waals surface area contributed by atoms with Crippen LogP contribution in [0.2, 0.25) is 0 Å². The topological polar surface area (TPSA) is 24.5 Å². The van der Waals surface area contributed by atoms with Crippen LogP contribution in [0.3, 0.4) is 0 Å². The van der Waals surface area contributed by atoms with Gasteiger partial charge in [-0.1, -0.05) is 27.7 Å². The van der Waals surface area contributed by atoms with Crippen LogP contribution in [0.25, 0.3) is 0 Å². The third kappa shape index (κ3) is 2.21. The normalized spacial score (nSPS) is 30.5. The van der Waals surface area contributed by atoms with E-state index in [0.717, 1.165) is 45.3 Å². The molecule has 0 amide bonds. The fraction of sp³-hybridized carbons (Fsp3) is 1.00. The Kier molecular flexibility index (Phi) is 3.79. The number of likely N-dealkylation sites (tertiary alicyclic amines) is 1. The summed E-state index contributed by atoms with van der Waals surface area (Å²) in [7, 11) is 2.20. The second-order valence-corrected chi connectivity index (χ2v) is 6.84. The predicted octanol–water partition coefficient (Wildman–Crippen LogP) is 2.61. The quantitative estimate of drug-likeness (QED) is 0.820. The lowest BCUT2D eigenvalue weighted by Crippen LogP contribution is -2.69. The van der Waals surface area contributed by atoms with E-state index < -0.39 is 0 Å². The summed E-state index contributed by atoms with van der Waals surface area (Å²) in [5.74, 6) is 0. The van der Waals surface area contributed by atoms with E-state index in [1.807, 2.05) is 0 Å². The second kappa shape index (κ2) is 4.77. The zero-order chi connectivity index (χ0) is 13.4. The number of ether oxygens (including phenoxy) is 1. The summed E-state index contributed by atoms with van der Waals surface area (Å²) in [5, 5.41) is 3.72. The molecule has 2 aliphatic heterocycles. The Morgan fingerprint density at radius 1 is 1.11 bits per heavy atom. The molecule has 0 bridgehead atoms. The first kappa shape index (κ1) is 14.3. The number of hydrogen-bond acceptors (Lipinski definition) is 3. The van der Waals surface area contributed by atoms with Gasteiger partial charge in [-0.05, 0) is 19.9 Å². The molecule has 2 aliphatic rings. The molecular weight excluding hydrogens is 224 g/mol. The van der Waals surface area contributed by atoms with Crippen molar-refractivity contribution in [3.8, 4) is 0 Å². The first-order valence-electron chi connectivity index (χ1n) is 7.52. The van der Waals surface area contributed by atoms with E-state index in [9.17, 15) is 0 Å². The molecule has 0 unspecified atom stereocenters. The van der Waals surface area contributed by atoms with Gasteiger partial charge in [-0.15, -0.1) is 0 Å². The smallest absolute Gasteiger partial charge is 0.122 e. The standard InChI is InChI=1S/C15H30N2O/c1-6-14(7-2)13(3,4)12-16-15(18-14)8-10-17(5)11-9-15/h16H,6-12H2,1-5H3. The molecule has 1 spiro atoms. The van der Waals surface area contributed by atoms with Crippen LogP contribution in [0.4, 0.5) is 0 Å². The largest absolute Gasteiger partial charge is 0.354 e. The van der Waals surface area contributed by atoms with Crippen LogP contribution in [-0.4, -0.2) is 42.9 Å². The Morgan fingerprint density at radius 3 is 2.17 bits per heavy atom. The molecule has 0 aromatic rings. The van der Waals surface area contributed by atoms with Crippen molar-refractivity contribution in [1.29, 1.82) is 0 Å². The maximum atomic E-state index is 6.73.